The van der Waals surface area contributed by atoms with Crippen LogP contribution in [0.25, 0.3) is 0 Å². The van der Waals surface area contributed by atoms with E-state index in [1.807, 2.05) is 41.8 Å². The summed E-state index contributed by atoms with van der Waals surface area (Å²) in [5.74, 6) is -0.350. The third-order valence-corrected chi connectivity index (χ3v) is 6.31. The molecule has 0 aliphatic rings. The van der Waals surface area contributed by atoms with Crippen molar-refractivity contribution in [3.05, 3.63) is 112 Å². The monoisotopic (exact) mass is 489 g/mol. The van der Waals surface area contributed by atoms with Crippen molar-refractivity contribution in [2.75, 3.05) is 12.0 Å². The molecule has 0 radical (unpaired) electrons. The number of benzene rings is 2. The van der Waals surface area contributed by atoms with E-state index in [-0.39, 0.29) is 24.8 Å². The van der Waals surface area contributed by atoms with Crippen LogP contribution in [0.2, 0.25) is 0 Å². The molecule has 0 saturated heterocycles. The molecule has 8 heteroatoms. The summed E-state index contributed by atoms with van der Waals surface area (Å²) in [4.78, 5) is 33.5. The minimum atomic E-state index is -0.978. The number of hydrogen-bond acceptors (Lipinski definition) is 5. The minimum absolute atomic E-state index is 0.113. The highest BCUT2D eigenvalue weighted by Gasteiger charge is 2.33. The van der Waals surface area contributed by atoms with Gasteiger partial charge in [0.05, 0.1) is 13.5 Å². The van der Waals surface area contributed by atoms with Crippen molar-refractivity contribution in [1.82, 2.24) is 10.3 Å². The van der Waals surface area contributed by atoms with Crippen molar-refractivity contribution in [3.63, 3.8) is 0 Å². The first kappa shape index (κ1) is 24.1. The normalized spacial score (nSPS) is 11.5. The lowest BCUT2D eigenvalue weighted by molar-refractivity contribution is -0.126. The van der Waals surface area contributed by atoms with Crippen molar-refractivity contribution >= 4 is 28.8 Å². The Kier molecular flexibility index (Phi) is 7.84. The third-order valence-electron chi connectivity index (χ3n) is 5.43. The van der Waals surface area contributed by atoms with Crippen LogP contribution in [-0.4, -0.2) is 23.9 Å². The fraction of sp³-hybridized carbons (Fsp3) is 0.148. The van der Waals surface area contributed by atoms with Gasteiger partial charge in [0.2, 0.25) is 11.8 Å². The quantitative estimate of drug-likeness (QED) is 0.362. The number of nitrogens with zero attached hydrogens (tertiary/aromatic N) is 2. The molecule has 0 aliphatic carbocycles. The smallest absolute Gasteiger partial charge is 0.248 e. The van der Waals surface area contributed by atoms with Gasteiger partial charge in [-0.15, -0.1) is 11.3 Å². The van der Waals surface area contributed by atoms with E-state index >= 15 is 0 Å². The molecular formula is C27H24FN3O3S. The Balaban J connectivity index is 1.67. The Morgan fingerprint density at radius 1 is 1.03 bits per heavy atom. The molecule has 2 aromatic carbocycles. The summed E-state index contributed by atoms with van der Waals surface area (Å²) >= 11 is 1.46. The fourth-order valence-electron chi connectivity index (χ4n) is 3.68. The molecule has 0 unspecified atom stereocenters. The second-order valence-electron chi connectivity index (χ2n) is 7.75. The molecule has 1 N–H and O–H groups in total. The van der Waals surface area contributed by atoms with Crippen LogP contribution in [0, 0.1) is 5.82 Å². The first-order valence-electron chi connectivity index (χ1n) is 11.0. The highest BCUT2D eigenvalue weighted by molar-refractivity contribution is 7.10. The number of halogens is 1. The molecule has 1 atom stereocenters. The zero-order valence-electron chi connectivity index (χ0n) is 19.1. The first-order chi connectivity index (χ1) is 17.0. The van der Waals surface area contributed by atoms with Gasteiger partial charge in [-0.25, -0.2) is 4.39 Å². The molecule has 2 aromatic heterocycles. The standard InChI is InChI=1S/C27H24FN3O3S/c1-34-23-10-4-19(5-11-23)18-30-27(33)26(20-12-14-29-15-13-20)31(22-8-6-21(28)7-9-22)25(32)17-24-3-2-16-35-24/h2-16,26H,17-18H2,1H3,(H,30,33)/t26-/m1/s1. The van der Waals surface area contributed by atoms with E-state index < -0.39 is 11.9 Å². The number of carbonyl (C=O) groups is 2. The minimum Gasteiger partial charge on any atom is -0.497 e. The number of amides is 2. The molecule has 4 aromatic rings. The SMILES string of the molecule is COc1ccc(CNC(=O)[C@@H](c2ccncc2)N(C(=O)Cc2cccs2)c2ccc(F)cc2)cc1. The number of methoxy groups -OCH3 is 1. The van der Waals surface area contributed by atoms with E-state index in [9.17, 15) is 14.0 Å². The molecular weight excluding hydrogens is 465 g/mol. The van der Waals surface area contributed by atoms with Crippen LogP contribution in [0.3, 0.4) is 0 Å². The summed E-state index contributed by atoms with van der Waals surface area (Å²) in [6.07, 6.45) is 3.26. The summed E-state index contributed by atoms with van der Waals surface area (Å²) < 4.78 is 18.9. The van der Waals surface area contributed by atoms with Gasteiger partial charge in [0.1, 0.15) is 17.6 Å². The predicted molar refractivity (Wildman–Crippen MR) is 134 cm³/mol. The molecule has 35 heavy (non-hydrogen) atoms. The number of pyridine rings is 1. The number of ether oxygens (including phenoxy) is 1. The van der Waals surface area contributed by atoms with Crippen molar-refractivity contribution in [1.29, 1.82) is 0 Å². The molecule has 6 nitrogen and oxygen atoms in total. The second-order valence-corrected chi connectivity index (χ2v) is 8.78. The van der Waals surface area contributed by atoms with E-state index in [1.165, 1.54) is 40.5 Å². The Morgan fingerprint density at radius 2 is 1.74 bits per heavy atom. The van der Waals surface area contributed by atoms with Crippen LogP contribution in [0.5, 0.6) is 5.75 Å². The van der Waals surface area contributed by atoms with Gasteiger partial charge in [-0.05, 0) is 71.1 Å². The molecule has 0 bridgehead atoms. The lowest BCUT2D eigenvalue weighted by Crippen LogP contribution is -2.44. The van der Waals surface area contributed by atoms with E-state index in [4.69, 9.17) is 4.74 Å². The van der Waals surface area contributed by atoms with E-state index in [0.717, 1.165) is 16.2 Å². The highest BCUT2D eigenvalue weighted by atomic mass is 32.1. The van der Waals surface area contributed by atoms with Crippen LogP contribution in [0.15, 0.2) is 90.6 Å². The van der Waals surface area contributed by atoms with Gasteiger partial charge in [-0.1, -0.05) is 18.2 Å². The fourth-order valence-corrected chi connectivity index (χ4v) is 4.37. The maximum atomic E-state index is 13.7. The van der Waals surface area contributed by atoms with Gasteiger partial charge in [0.15, 0.2) is 0 Å². The van der Waals surface area contributed by atoms with Gasteiger partial charge in [0, 0.05) is 29.5 Å². The Hall–Kier alpha value is -4.04. The lowest BCUT2D eigenvalue weighted by Gasteiger charge is -2.31. The molecule has 2 heterocycles. The zero-order valence-corrected chi connectivity index (χ0v) is 19.9. The predicted octanol–water partition coefficient (Wildman–Crippen LogP) is 4.92. The van der Waals surface area contributed by atoms with Crippen LogP contribution in [0.1, 0.15) is 22.0 Å². The number of carbonyl (C=O) groups excluding carboxylic acids is 2. The maximum absolute atomic E-state index is 13.7. The zero-order chi connectivity index (χ0) is 24.6. The average molecular weight is 490 g/mol. The topological polar surface area (TPSA) is 71.5 Å². The molecule has 2 amide bonds. The summed E-state index contributed by atoms with van der Waals surface area (Å²) in [5.41, 5.74) is 1.90. The van der Waals surface area contributed by atoms with Gasteiger partial charge in [-0.3, -0.25) is 19.5 Å². The Labute approximate surface area is 207 Å². The van der Waals surface area contributed by atoms with E-state index in [2.05, 4.69) is 10.3 Å². The van der Waals surface area contributed by atoms with E-state index in [1.54, 1.807) is 31.6 Å². The number of rotatable bonds is 9. The summed E-state index contributed by atoms with van der Waals surface area (Å²) in [5, 5.41) is 4.84. The number of hydrogen-bond donors (Lipinski definition) is 1. The lowest BCUT2D eigenvalue weighted by atomic mass is 10.0. The largest absolute Gasteiger partial charge is 0.497 e. The van der Waals surface area contributed by atoms with Gasteiger partial charge in [-0.2, -0.15) is 0 Å². The number of anilines is 1. The third kappa shape index (κ3) is 6.10. The van der Waals surface area contributed by atoms with Gasteiger partial charge >= 0.3 is 0 Å². The molecule has 0 saturated carbocycles. The van der Waals surface area contributed by atoms with Crippen molar-refractivity contribution < 1.29 is 18.7 Å². The van der Waals surface area contributed by atoms with E-state index in [0.29, 0.717) is 11.3 Å². The first-order valence-corrected chi connectivity index (χ1v) is 11.8. The second kappa shape index (κ2) is 11.4. The van der Waals surface area contributed by atoms with Crippen LogP contribution < -0.4 is 15.0 Å². The van der Waals surface area contributed by atoms with Crippen LogP contribution in [0.4, 0.5) is 10.1 Å². The summed E-state index contributed by atoms with van der Waals surface area (Å²) in [6, 6.07) is 19.1. The average Bonchev–Trinajstić information content (AvgIpc) is 3.40. The van der Waals surface area contributed by atoms with Crippen LogP contribution >= 0.6 is 11.3 Å². The summed E-state index contributed by atoms with van der Waals surface area (Å²) in [6.45, 7) is 0.265. The molecule has 0 fully saturated rings. The molecule has 4 rings (SSSR count). The Bertz CT molecular complexity index is 1250. The number of thiophene rings is 1. The van der Waals surface area contributed by atoms with Crippen molar-refractivity contribution in [2.24, 2.45) is 0 Å². The Morgan fingerprint density at radius 3 is 2.37 bits per heavy atom. The number of aromatic nitrogens is 1. The molecule has 0 aliphatic heterocycles. The number of nitrogens with one attached hydrogen (secondary N) is 1. The summed E-state index contributed by atoms with van der Waals surface area (Å²) in [7, 11) is 1.59. The molecule has 0 spiro atoms. The van der Waals surface area contributed by atoms with Crippen LogP contribution in [-0.2, 0) is 22.6 Å². The highest BCUT2D eigenvalue weighted by Crippen LogP contribution is 2.29. The van der Waals surface area contributed by atoms with Gasteiger partial charge in [0.25, 0.3) is 0 Å². The molecule has 178 valence electrons. The van der Waals surface area contributed by atoms with Crippen molar-refractivity contribution in [2.45, 2.75) is 19.0 Å². The maximum Gasteiger partial charge on any atom is 0.248 e. The van der Waals surface area contributed by atoms with Gasteiger partial charge < -0.3 is 10.1 Å². The van der Waals surface area contributed by atoms with Crippen molar-refractivity contribution in [3.8, 4) is 5.75 Å².